The van der Waals surface area contributed by atoms with E-state index < -0.39 is 0 Å². The number of rotatable bonds is 7. The molecule has 0 spiro atoms. The standard InChI is InChI=1S/C52H39N3/c1-52(2)48-34-37(26-31-44(48)46-32-33-47-45-20-12-13-21-49(45)55(51(47)50(46)52)42-18-10-5-11-19-42)38-25-28-39(53-35-38)27-22-36-23-29-43(30-24-36)54(40-14-6-3-7-15-40)41-16-8-4-9-17-41/h3-35H,1-2H3/b27-22+. The third-order valence-electron chi connectivity index (χ3n) is 11.2. The molecule has 2 heterocycles. The Hall–Kier alpha value is -6.97. The number of pyridine rings is 1. The molecule has 9 aromatic rings. The van der Waals surface area contributed by atoms with Gasteiger partial charge in [0.15, 0.2) is 0 Å². The molecule has 262 valence electrons. The number of anilines is 3. The number of hydrogen-bond donors (Lipinski definition) is 0. The number of aromatic nitrogens is 2. The van der Waals surface area contributed by atoms with Gasteiger partial charge < -0.3 is 9.47 Å². The molecule has 0 N–H and O–H groups in total. The molecule has 10 rings (SSSR count). The van der Waals surface area contributed by atoms with E-state index in [4.69, 9.17) is 4.98 Å². The Kier molecular flexibility index (Phi) is 7.81. The predicted molar refractivity (Wildman–Crippen MR) is 232 cm³/mol. The predicted octanol–water partition coefficient (Wildman–Crippen LogP) is 13.8. The van der Waals surface area contributed by atoms with Crippen LogP contribution in [0.25, 0.3) is 61.9 Å². The van der Waals surface area contributed by atoms with Crippen LogP contribution in [-0.2, 0) is 5.41 Å². The molecule has 3 nitrogen and oxygen atoms in total. The first-order valence-electron chi connectivity index (χ1n) is 19.0. The molecular weight excluding hydrogens is 667 g/mol. The number of nitrogens with zero attached hydrogens (tertiary/aromatic N) is 3. The molecule has 0 radical (unpaired) electrons. The maximum atomic E-state index is 4.88. The Morgan fingerprint density at radius 3 is 1.84 bits per heavy atom. The van der Waals surface area contributed by atoms with Crippen LogP contribution in [0.4, 0.5) is 17.1 Å². The van der Waals surface area contributed by atoms with Gasteiger partial charge in [-0.05, 0) is 106 Å². The average molecular weight is 706 g/mol. The van der Waals surface area contributed by atoms with Crippen molar-refractivity contribution in [2.75, 3.05) is 4.90 Å². The summed E-state index contributed by atoms with van der Waals surface area (Å²) in [5, 5.41) is 2.58. The summed E-state index contributed by atoms with van der Waals surface area (Å²) >= 11 is 0. The van der Waals surface area contributed by atoms with Gasteiger partial charge in [0, 0.05) is 50.7 Å². The highest BCUT2D eigenvalue weighted by Gasteiger charge is 2.38. The molecule has 0 fully saturated rings. The van der Waals surface area contributed by atoms with Gasteiger partial charge in [0.2, 0.25) is 0 Å². The van der Waals surface area contributed by atoms with E-state index in [9.17, 15) is 0 Å². The monoisotopic (exact) mass is 705 g/mol. The molecule has 7 aromatic carbocycles. The maximum Gasteiger partial charge on any atom is 0.0630 e. The first kappa shape index (κ1) is 32.7. The van der Waals surface area contributed by atoms with E-state index in [1.54, 1.807) is 0 Å². The molecule has 55 heavy (non-hydrogen) atoms. The molecule has 0 unspecified atom stereocenters. The van der Waals surface area contributed by atoms with Gasteiger partial charge in [0.25, 0.3) is 0 Å². The zero-order valence-electron chi connectivity index (χ0n) is 30.9. The van der Waals surface area contributed by atoms with Crippen molar-refractivity contribution in [3.63, 3.8) is 0 Å². The molecule has 1 aliphatic rings. The third-order valence-corrected chi connectivity index (χ3v) is 11.2. The van der Waals surface area contributed by atoms with E-state index in [1.165, 1.54) is 55.3 Å². The Labute approximate surface area is 322 Å². The molecular formula is C52H39N3. The van der Waals surface area contributed by atoms with E-state index in [1.807, 2.05) is 6.20 Å². The highest BCUT2D eigenvalue weighted by molar-refractivity contribution is 6.13. The third kappa shape index (κ3) is 5.55. The molecule has 2 aromatic heterocycles. The van der Waals surface area contributed by atoms with Gasteiger partial charge >= 0.3 is 0 Å². The summed E-state index contributed by atoms with van der Waals surface area (Å²) in [5.74, 6) is 0. The van der Waals surface area contributed by atoms with Crippen LogP contribution in [0.3, 0.4) is 0 Å². The summed E-state index contributed by atoms with van der Waals surface area (Å²) < 4.78 is 2.46. The van der Waals surface area contributed by atoms with Gasteiger partial charge in [-0.15, -0.1) is 0 Å². The molecule has 0 amide bonds. The van der Waals surface area contributed by atoms with Crippen molar-refractivity contribution in [1.82, 2.24) is 9.55 Å². The maximum absolute atomic E-state index is 4.88. The first-order valence-corrected chi connectivity index (χ1v) is 19.0. The van der Waals surface area contributed by atoms with Gasteiger partial charge in [-0.2, -0.15) is 0 Å². The Bertz CT molecular complexity index is 2810. The van der Waals surface area contributed by atoms with Crippen molar-refractivity contribution in [3.8, 4) is 27.9 Å². The van der Waals surface area contributed by atoms with Gasteiger partial charge in [0.1, 0.15) is 0 Å². The summed E-state index contributed by atoms with van der Waals surface area (Å²) in [5.41, 5.74) is 16.6. The molecule has 3 heteroatoms. The fraction of sp³-hybridized carbons (Fsp3) is 0.0577. The second-order valence-corrected chi connectivity index (χ2v) is 14.9. The van der Waals surface area contributed by atoms with Gasteiger partial charge in [-0.25, -0.2) is 0 Å². The van der Waals surface area contributed by atoms with E-state index in [-0.39, 0.29) is 5.41 Å². The molecule has 0 saturated heterocycles. The molecule has 0 atom stereocenters. The topological polar surface area (TPSA) is 21.1 Å². The van der Waals surface area contributed by atoms with Crippen LogP contribution in [0.5, 0.6) is 0 Å². The molecule has 0 bridgehead atoms. The van der Waals surface area contributed by atoms with Crippen molar-refractivity contribution in [1.29, 1.82) is 0 Å². The lowest BCUT2D eigenvalue weighted by Crippen LogP contribution is -2.16. The quantitative estimate of drug-likeness (QED) is 0.165. The summed E-state index contributed by atoms with van der Waals surface area (Å²) in [6.07, 6.45) is 6.22. The smallest absolute Gasteiger partial charge is 0.0630 e. The summed E-state index contributed by atoms with van der Waals surface area (Å²) in [6.45, 7) is 4.76. The zero-order valence-corrected chi connectivity index (χ0v) is 30.9. The van der Waals surface area contributed by atoms with E-state index in [2.05, 4.69) is 217 Å². The van der Waals surface area contributed by atoms with Gasteiger partial charge in [-0.1, -0.05) is 135 Å². The zero-order chi connectivity index (χ0) is 36.9. The van der Waals surface area contributed by atoms with Crippen molar-refractivity contribution in [2.24, 2.45) is 0 Å². The van der Waals surface area contributed by atoms with Gasteiger partial charge in [0.05, 0.1) is 16.7 Å². The van der Waals surface area contributed by atoms with Crippen LogP contribution in [0.2, 0.25) is 0 Å². The number of para-hydroxylation sites is 4. The van der Waals surface area contributed by atoms with Crippen LogP contribution in [0, 0.1) is 0 Å². The minimum Gasteiger partial charge on any atom is -0.311 e. The minimum atomic E-state index is -0.202. The Balaban J connectivity index is 0.938. The van der Waals surface area contributed by atoms with Crippen LogP contribution >= 0.6 is 0 Å². The van der Waals surface area contributed by atoms with E-state index in [0.29, 0.717) is 0 Å². The Morgan fingerprint density at radius 1 is 0.527 bits per heavy atom. The lowest BCUT2D eigenvalue weighted by molar-refractivity contribution is 0.664. The fourth-order valence-corrected chi connectivity index (χ4v) is 8.56. The average Bonchev–Trinajstić information content (AvgIpc) is 3.70. The van der Waals surface area contributed by atoms with Crippen LogP contribution in [0.1, 0.15) is 36.2 Å². The van der Waals surface area contributed by atoms with Crippen molar-refractivity contribution in [3.05, 3.63) is 211 Å². The van der Waals surface area contributed by atoms with E-state index in [0.717, 1.165) is 33.9 Å². The van der Waals surface area contributed by atoms with Crippen LogP contribution in [-0.4, -0.2) is 9.55 Å². The molecule has 1 aliphatic carbocycles. The second kappa shape index (κ2) is 13.2. The van der Waals surface area contributed by atoms with Crippen LogP contribution < -0.4 is 4.90 Å². The highest BCUT2D eigenvalue weighted by atomic mass is 15.1. The van der Waals surface area contributed by atoms with Crippen molar-refractivity contribution in [2.45, 2.75) is 19.3 Å². The summed E-state index contributed by atoms with van der Waals surface area (Å²) in [7, 11) is 0. The largest absolute Gasteiger partial charge is 0.311 e. The lowest BCUT2D eigenvalue weighted by atomic mass is 9.80. The van der Waals surface area contributed by atoms with E-state index >= 15 is 0 Å². The molecule has 0 saturated carbocycles. The van der Waals surface area contributed by atoms with Crippen LogP contribution in [0.15, 0.2) is 188 Å². The van der Waals surface area contributed by atoms with Gasteiger partial charge in [-0.3, -0.25) is 4.98 Å². The number of benzene rings is 7. The second-order valence-electron chi connectivity index (χ2n) is 14.9. The fourth-order valence-electron chi connectivity index (χ4n) is 8.56. The number of hydrogen-bond acceptors (Lipinski definition) is 2. The highest BCUT2D eigenvalue weighted by Crippen LogP contribution is 2.53. The van der Waals surface area contributed by atoms with Crippen molar-refractivity contribution < 1.29 is 0 Å². The normalized spacial score (nSPS) is 13.0. The lowest BCUT2D eigenvalue weighted by Gasteiger charge is -2.25. The summed E-state index contributed by atoms with van der Waals surface area (Å²) in [6, 6.07) is 65.2. The SMILES string of the molecule is CC1(C)c2cc(-c3ccc(/C=C/c4ccc(N(c5ccccc5)c5ccccc5)cc4)nc3)ccc2-c2ccc3c4ccccc4n(-c4ccccc4)c3c21. The minimum absolute atomic E-state index is 0.202. The first-order chi connectivity index (χ1) is 27.0. The number of fused-ring (bicyclic) bond motifs is 7. The molecule has 0 aliphatic heterocycles. The van der Waals surface area contributed by atoms with Crippen molar-refractivity contribution >= 4 is 51.0 Å². The summed E-state index contributed by atoms with van der Waals surface area (Å²) in [4.78, 5) is 7.15. The Morgan fingerprint density at radius 2 is 1.15 bits per heavy atom.